The zero-order chi connectivity index (χ0) is 15.6. The summed E-state index contributed by atoms with van der Waals surface area (Å²) in [6.45, 7) is 5.70. The highest BCUT2D eigenvalue weighted by molar-refractivity contribution is 6.23. The van der Waals surface area contributed by atoms with Gasteiger partial charge in [0.25, 0.3) is 0 Å². The summed E-state index contributed by atoms with van der Waals surface area (Å²) in [6, 6.07) is 7.34. The zero-order valence-electron chi connectivity index (χ0n) is 12.9. The lowest BCUT2D eigenvalue weighted by Gasteiger charge is -2.29. The summed E-state index contributed by atoms with van der Waals surface area (Å²) in [5.74, 6) is 0.716. The monoisotopic (exact) mass is 287 g/mol. The van der Waals surface area contributed by atoms with Gasteiger partial charge in [0.1, 0.15) is 17.2 Å². The van der Waals surface area contributed by atoms with Crippen LogP contribution in [0, 0.1) is 5.41 Å². The molecule has 0 bridgehead atoms. The largest absolute Gasteiger partial charge is 0.511 e. The third kappa shape index (κ3) is 3.32. The van der Waals surface area contributed by atoms with Crippen LogP contribution in [-0.4, -0.2) is 23.7 Å². The molecule has 1 aliphatic carbocycles. The number of hydrogen-bond acceptors (Lipinski definition) is 4. The molecule has 0 saturated heterocycles. The van der Waals surface area contributed by atoms with Gasteiger partial charge in [0, 0.05) is 12.8 Å². The Labute approximate surface area is 125 Å². The van der Waals surface area contributed by atoms with Crippen molar-refractivity contribution in [2.24, 2.45) is 10.4 Å². The smallest absolute Gasteiger partial charge is 0.168 e. The highest BCUT2D eigenvalue weighted by Crippen LogP contribution is 2.37. The molecular weight excluding hydrogens is 266 g/mol. The number of carbonyl (C=O) groups excluding carboxylic acids is 1. The molecule has 0 unspecified atom stereocenters. The van der Waals surface area contributed by atoms with Crippen molar-refractivity contribution in [2.45, 2.75) is 33.6 Å². The van der Waals surface area contributed by atoms with Crippen LogP contribution in [0.3, 0.4) is 0 Å². The van der Waals surface area contributed by atoms with Gasteiger partial charge in [-0.25, -0.2) is 4.99 Å². The van der Waals surface area contributed by atoms with E-state index in [-0.39, 0.29) is 17.0 Å². The standard InChI is InChI=1S/C17H21NO3/c1-11(18-12-7-5-6-8-15(12)21-4)16-13(19)9-17(2,3)10-14(16)20/h5-8,19H,9-10H2,1-4H3. The molecule has 1 aromatic rings. The van der Waals surface area contributed by atoms with Crippen LogP contribution < -0.4 is 4.74 Å². The van der Waals surface area contributed by atoms with Gasteiger partial charge in [0.05, 0.1) is 18.4 Å². The molecule has 0 aromatic heterocycles. The molecule has 0 atom stereocenters. The third-order valence-corrected chi connectivity index (χ3v) is 3.59. The second-order valence-corrected chi connectivity index (χ2v) is 6.13. The molecule has 1 aromatic carbocycles. The van der Waals surface area contributed by atoms with Crippen molar-refractivity contribution < 1.29 is 14.6 Å². The summed E-state index contributed by atoms with van der Waals surface area (Å²) in [6.07, 6.45) is 0.915. The van der Waals surface area contributed by atoms with Gasteiger partial charge in [-0.05, 0) is 24.5 Å². The summed E-state index contributed by atoms with van der Waals surface area (Å²) in [5, 5.41) is 10.2. The van der Waals surface area contributed by atoms with E-state index in [9.17, 15) is 9.90 Å². The van der Waals surface area contributed by atoms with Crippen molar-refractivity contribution in [1.82, 2.24) is 0 Å². The van der Waals surface area contributed by atoms with Crippen molar-refractivity contribution in [3.63, 3.8) is 0 Å². The summed E-state index contributed by atoms with van der Waals surface area (Å²) < 4.78 is 5.25. The summed E-state index contributed by atoms with van der Waals surface area (Å²) in [5.41, 5.74) is 1.32. The van der Waals surface area contributed by atoms with Crippen LogP contribution in [0.5, 0.6) is 5.75 Å². The molecule has 21 heavy (non-hydrogen) atoms. The molecule has 0 amide bonds. The van der Waals surface area contributed by atoms with Gasteiger partial charge in [-0.2, -0.15) is 0 Å². The van der Waals surface area contributed by atoms with E-state index in [4.69, 9.17) is 4.74 Å². The van der Waals surface area contributed by atoms with Crippen molar-refractivity contribution in [2.75, 3.05) is 7.11 Å². The number of hydrogen-bond donors (Lipinski definition) is 1. The molecule has 0 radical (unpaired) electrons. The maximum absolute atomic E-state index is 12.3. The van der Waals surface area contributed by atoms with Gasteiger partial charge in [-0.1, -0.05) is 26.0 Å². The number of aliphatic hydroxyl groups excluding tert-OH is 1. The second kappa shape index (κ2) is 5.72. The van der Waals surface area contributed by atoms with Crippen LogP contribution >= 0.6 is 0 Å². The van der Waals surface area contributed by atoms with E-state index in [2.05, 4.69) is 4.99 Å². The molecule has 1 N–H and O–H groups in total. The van der Waals surface area contributed by atoms with E-state index >= 15 is 0 Å². The predicted octanol–water partition coefficient (Wildman–Crippen LogP) is 3.99. The number of nitrogens with zero attached hydrogens (tertiary/aromatic N) is 1. The molecule has 4 heteroatoms. The number of aliphatic hydroxyl groups is 1. The number of rotatable bonds is 3. The molecule has 0 fully saturated rings. The molecule has 4 nitrogen and oxygen atoms in total. The molecule has 0 spiro atoms. The highest BCUT2D eigenvalue weighted by Gasteiger charge is 2.34. The molecule has 1 aliphatic rings. The van der Waals surface area contributed by atoms with Crippen LogP contribution in [0.2, 0.25) is 0 Å². The minimum Gasteiger partial charge on any atom is -0.511 e. The fraction of sp³-hybridized carbons (Fsp3) is 0.412. The van der Waals surface area contributed by atoms with Crippen LogP contribution in [0.15, 0.2) is 40.6 Å². The van der Waals surface area contributed by atoms with E-state index < -0.39 is 0 Å². The van der Waals surface area contributed by atoms with Gasteiger partial charge < -0.3 is 9.84 Å². The van der Waals surface area contributed by atoms with Crippen molar-refractivity contribution in [3.8, 4) is 5.75 Å². The van der Waals surface area contributed by atoms with Crippen LogP contribution in [0.1, 0.15) is 33.6 Å². The normalized spacial score (nSPS) is 18.9. The molecule has 2 rings (SSSR count). The van der Waals surface area contributed by atoms with Gasteiger partial charge in [0.15, 0.2) is 5.78 Å². The molecule has 0 aliphatic heterocycles. The summed E-state index contributed by atoms with van der Waals surface area (Å²) >= 11 is 0. The Bertz CT molecular complexity index is 627. The Morgan fingerprint density at radius 3 is 2.57 bits per heavy atom. The zero-order valence-corrected chi connectivity index (χ0v) is 12.9. The summed E-state index contributed by atoms with van der Waals surface area (Å²) in [7, 11) is 1.58. The Balaban J connectivity index is 2.41. The highest BCUT2D eigenvalue weighted by atomic mass is 16.5. The van der Waals surface area contributed by atoms with E-state index in [1.165, 1.54) is 0 Å². The molecular formula is C17H21NO3. The Hall–Kier alpha value is -2.10. The average molecular weight is 287 g/mol. The van der Waals surface area contributed by atoms with Crippen molar-refractivity contribution >= 4 is 17.2 Å². The number of ketones is 1. The van der Waals surface area contributed by atoms with Crippen LogP contribution in [0.4, 0.5) is 5.69 Å². The first-order valence-corrected chi connectivity index (χ1v) is 6.98. The number of para-hydroxylation sites is 2. The topological polar surface area (TPSA) is 58.9 Å². The number of Topliss-reactive ketones (excluding diaryl/α,β-unsaturated/α-hetero) is 1. The van der Waals surface area contributed by atoms with E-state index in [0.29, 0.717) is 35.6 Å². The van der Waals surface area contributed by atoms with Gasteiger partial charge >= 0.3 is 0 Å². The van der Waals surface area contributed by atoms with Gasteiger partial charge in [-0.3, -0.25) is 4.79 Å². The second-order valence-electron chi connectivity index (χ2n) is 6.13. The maximum Gasteiger partial charge on any atom is 0.168 e. The average Bonchev–Trinajstić information content (AvgIpc) is 2.36. The Morgan fingerprint density at radius 2 is 1.95 bits per heavy atom. The predicted molar refractivity (Wildman–Crippen MR) is 83.4 cm³/mol. The number of benzene rings is 1. The first-order valence-electron chi connectivity index (χ1n) is 6.98. The summed E-state index contributed by atoms with van der Waals surface area (Å²) in [4.78, 5) is 16.7. The van der Waals surface area contributed by atoms with Crippen LogP contribution in [0.25, 0.3) is 0 Å². The number of allylic oxidation sites excluding steroid dienone is 2. The maximum atomic E-state index is 12.3. The van der Waals surface area contributed by atoms with E-state index in [1.807, 2.05) is 38.1 Å². The van der Waals surface area contributed by atoms with Crippen LogP contribution in [-0.2, 0) is 4.79 Å². The fourth-order valence-electron chi connectivity index (χ4n) is 2.66. The first-order chi connectivity index (χ1) is 9.84. The minimum atomic E-state index is -0.199. The molecule has 112 valence electrons. The molecule has 0 heterocycles. The van der Waals surface area contributed by atoms with E-state index in [0.717, 1.165) is 0 Å². The lowest BCUT2D eigenvalue weighted by Crippen LogP contribution is -2.28. The van der Waals surface area contributed by atoms with E-state index in [1.54, 1.807) is 14.0 Å². The Morgan fingerprint density at radius 1 is 1.29 bits per heavy atom. The lowest BCUT2D eigenvalue weighted by atomic mass is 9.76. The number of methoxy groups -OCH3 is 1. The van der Waals surface area contributed by atoms with Crippen molar-refractivity contribution in [1.29, 1.82) is 0 Å². The fourth-order valence-corrected chi connectivity index (χ4v) is 2.66. The first kappa shape index (κ1) is 15.3. The lowest BCUT2D eigenvalue weighted by molar-refractivity contribution is -0.117. The Kier molecular flexibility index (Phi) is 4.16. The number of carbonyl (C=O) groups is 1. The quantitative estimate of drug-likeness (QED) is 0.855. The van der Waals surface area contributed by atoms with Gasteiger partial charge in [-0.15, -0.1) is 0 Å². The number of ether oxygens (including phenoxy) is 1. The third-order valence-electron chi connectivity index (χ3n) is 3.59. The molecule has 0 saturated carbocycles. The SMILES string of the molecule is COc1ccccc1N=C(C)C1=C(O)CC(C)(C)CC1=O. The van der Waals surface area contributed by atoms with Crippen molar-refractivity contribution in [3.05, 3.63) is 35.6 Å². The number of aliphatic imine (C=N–C) groups is 1. The van der Waals surface area contributed by atoms with Gasteiger partial charge in [0.2, 0.25) is 0 Å². The minimum absolute atomic E-state index is 0.0557.